The summed E-state index contributed by atoms with van der Waals surface area (Å²) in [4.78, 5) is 22.3. The average molecular weight is 514 g/mol. The van der Waals surface area contributed by atoms with E-state index < -0.39 is 11.6 Å². The number of aliphatic imine (C=N–C) groups is 2. The van der Waals surface area contributed by atoms with Crippen molar-refractivity contribution in [3.05, 3.63) is 71.5 Å². The van der Waals surface area contributed by atoms with Crippen LogP contribution < -0.4 is 10.8 Å². The number of carbonyl (C=O) groups excluding carboxylic acids is 1. The Bertz CT molecular complexity index is 1180. The fraction of sp³-hybridized carbons (Fsp3) is 0.469. The Morgan fingerprint density at radius 1 is 1.26 bits per heavy atom. The standard InChI is InChI=1S/C32H44BN3O2/c1-11-25-17-28(33)27(31(37)38-32(8,9)10)19-30(25)36-23(6)21(4)13-12-16-34-24(7)26-15-14-22(5)29(18-26)35-20(2)3/h12-15,17-19,21-22,29,34H,7,11,16H2,1-6,8-10H3/b13-12-,36-23?. The van der Waals surface area contributed by atoms with Crippen LogP contribution in [0.5, 0.6) is 0 Å². The molecular formula is C32H44BN3O2. The summed E-state index contributed by atoms with van der Waals surface area (Å²) >= 11 is 0. The fourth-order valence-corrected chi connectivity index (χ4v) is 3.95. The SMILES string of the molecule is [B]c1cc(CC)c(N=C(C)C(C)/C=C\CNC(=C)C2=CC(N=C(C)C)C(C)C=C2)cc1C(=O)OC(C)(C)C. The largest absolute Gasteiger partial charge is 0.456 e. The van der Waals surface area contributed by atoms with Gasteiger partial charge in [0.25, 0.3) is 0 Å². The van der Waals surface area contributed by atoms with Crippen LogP contribution in [0.1, 0.15) is 78.2 Å². The summed E-state index contributed by atoms with van der Waals surface area (Å²) in [5.74, 6) is 0.0449. The van der Waals surface area contributed by atoms with Crippen LogP contribution >= 0.6 is 0 Å². The van der Waals surface area contributed by atoms with E-state index in [-0.39, 0.29) is 12.0 Å². The maximum absolute atomic E-state index is 12.7. The summed E-state index contributed by atoms with van der Waals surface area (Å²) in [5.41, 5.74) is 5.87. The molecule has 3 atom stereocenters. The van der Waals surface area contributed by atoms with E-state index in [0.717, 1.165) is 40.4 Å². The minimum atomic E-state index is -0.600. The van der Waals surface area contributed by atoms with Crippen molar-refractivity contribution in [1.29, 1.82) is 0 Å². The first-order valence-electron chi connectivity index (χ1n) is 13.4. The first kappa shape index (κ1) is 31.1. The molecule has 0 aromatic heterocycles. The number of nitrogens with zero attached hydrogens (tertiary/aromatic N) is 2. The van der Waals surface area contributed by atoms with Crippen LogP contribution in [0.25, 0.3) is 0 Å². The van der Waals surface area contributed by atoms with E-state index in [1.807, 2.05) is 54.5 Å². The highest BCUT2D eigenvalue weighted by Gasteiger charge is 2.21. The number of rotatable bonds is 10. The van der Waals surface area contributed by atoms with Crippen molar-refractivity contribution in [3.8, 4) is 0 Å². The molecule has 202 valence electrons. The summed E-state index contributed by atoms with van der Waals surface area (Å²) in [6.07, 6.45) is 11.5. The van der Waals surface area contributed by atoms with Gasteiger partial charge in [-0.1, -0.05) is 69.3 Å². The summed E-state index contributed by atoms with van der Waals surface area (Å²) in [6.45, 7) is 22.8. The highest BCUT2D eigenvalue weighted by molar-refractivity contribution is 6.36. The number of benzene rings is 1. The van der Waals surface area contributed by atoms with Gasteiger partial charge in [0.05, 0.1) is 17.3 Å². The molecule has 2 radical (unpaired) electrons. The minimum Gasteiger partial charge on any atom is -0.456 e. The Morgan fingerprint density at radius 3 is 2.55 bits per heavy atom. The maximum Gasteiger partial charge on any atom is 0.338 e. The second-order valence-electron chi connectivity index (χ2n) is 11.2. The van der Waals surface area contributed by atoms with Gasteiger partial charge in [0.15, 0.2) is 0 Å². The van der Waals surface area contributed by atoms with Crippen LogP contribution in [0.2, 0.25) is 0 Å². The van der Waals surface area contributed by atoms with E-state index in [1.165, 1.54) is 0 Å². The molecule has 1 N–H and O–H groups in total. The highest BCUT2D eigenvalue weighted by Crippen LogP contribution is 2.24. The zero-order valence-corrected chi connectivity index (χ0v) is 24.7. The minimum absolute atomic E-state index is 0.109. The Morgan fingerprint density at radius 2 is 1.95 bits per heavy atom. The average Bonchev–Trinajstić information content (AvgIpc) is 2.82. The molecule has 0 saturated carbocycles. The van der Waals surface area contributed by atoms with E-state index in [0.29, 0.717) is 23.5 Å². The van der Waals surface area contributed by atoms with Gasteiger partial charge in [-0.2, -0.15) is 0 Å². The van der Waals surface area contributed by atoms with Crippen molar-refractivity contribution < 1.29 is 9.53 Å². The molecule has 0 bridgehead atoms. The lowest BCUT2D eigenvalue weighted by atomic mass is 9.87. The van der Waals surface area contributed by atoms with Gasteiger partial charge >= 0.3 is 5.97 Å². The zero-order valence-electron chi connectivity index (χ0n) is 24.7. The summed E-state index contributed by atoms with van der Waals surface area (Å²) in [5, 5.41) is 3.39. The van der Waals surface area contributed by atoms with Gasteiger partial charge in [0.1, 0.15) is 13.4 Å². The van der Waals surface area contributed by atoms with E-state index >= 15 is 0 Å². The molecule has 1 aromatic rings. The number of esters is 1. The quantitative estimate of drug-likeness (QED) is 0.171. The molecule has 3 unspecified atom stereocenters. The van der Waals surface area contributed by atoms with E-state index in [9.17, 15) is 4.79 Å². The highest BCUT2D eigenvalue weighted by atomic mass is 16.6. The molecule has 0 aliphatic heterocycles. The fourth-order valence-electron chi connectivity index (χ4n) is 3.95. The molecule has 38 heavy (non-hydrogen) atoms. The van der Waals surface area contributed by atoms with Crippen molar-refractivity contribution in [2.24, 2.45) is 21.8 Å². The van der Waals surface area contributed by atoms with Crippen molar-refractivity contribution in [3.63, 3.8) is 0 Å². The van der Waals surface area contributed by atoms with Gasteiger partial charge < -0.3 is 10.1 Å². The van der Waals surface area contributed by atoms with Crippen molar-refractivity contribution in [1.82, 2.24) is 5.32 Å². The molecule has 1 aliphatic carbocycles. The van der Waals surface area contributed by atoms with E-state index in [4.69, 9.17) is 22.6 Å². The first-order chi connectivity index (χ1) is 17.7. The third-order valence-electron chi connectivity index (χ3n) is 6.29. The Hall–Kier alpha value is -3.15. The predicted octanol–water partition coefficient (Wildman–Crippen LogP) is 6.37. The second kappa shape index (κ2) is 13.6. The summed E-state index contributed by atoms with van der Waals surface area (Å²) in [7, 11) is 6.18. The monoisotopic (exact) mass is 513 g/mol. The van der Waals surface area contributed by atoms with E-state index in [1.54, 1.807) is 6.07 Å². The van der Waals surface area contributed by atoms with Gasteiger partial charge in [-0.05, 0) is 65.2 Å². The van der Waals surface area contributed by atoms with Crippen LogP contribution in [-0.4, -0.2) is 43.4 Å². The molecule has 0 fully saturated rings. The number of nitrogens with one attached hydrogen (secondary N) is 1. The number of hydrogen-bond donors (Lipinski definition) is 1. The molecule has 2 rings (SSSR count). The number of ether oxygens (including phenoxy) is 1. The Labute approximate surface area is 231 Å². The molecule has 5 nitrogen and oxygen atoms in total. The van der Waals surface area contributed by atoms with Gasteiger partial charge in [-0.15, -0.1) is 0 Å². The van der Waals surface area contributed by atoms with Crippen LogP contribution in [-0.2, 0) is 11.2 Å². The molecular weight excluding hydrogens is 469 g/mol. The molecule has 0 amide bonds. The predicted molar refractivity (Wildman–Crippen MR) is 164 cm³/mol. The molecule has 1 aromatic carbocycles. The second-order valence-corrected chi connectivity index (χ2v) is 11.2. The number of carbonyl (C=O) groups is 1. The topological polar surface area (TPSA) is 63.0 Å². The van der Waals surface area contributed by atoms with Crippen LogP contribution in [0.4, 0.5) is 5.69 Å². The Balaban J connectivity index is 2.09. The molecule has 0 heterocycles. The van der Waals surface area contributed by atoms with Crippen molar-refractivity contribution >= 4 is 36.4 Å². The first-order valence-corrected chi connectivity index (χ1v) is 13.4. The van der Waals surface area contributed by atoms with Gasteiger partial charge in [0.2, 0.25) is 0 Å². The lowest BCUT2D eigenvalue weighted by molar-refractivity contribution is 0.00711. The third kappa shape index (κ3) is 9.31. The molecule has 6 heteroatoms. The lowest BCUT2D eigenvalue weighted by Crippen LogP contribution is -2.27. The maximum atomic E-state index is 12.7. The lowest BCUT2D eigenvalue weighted by Gasteiger charge is -2.21. The van der Waals surface area contributed by atoms with Crippen LogP contribution in [0, 0.1) is 11.8 Å². The van der Waals surface area contributed by atoms with Crippen molar-refractivity contribution in [2.75, 3.05) is 6.54 Å². The molecule has 0 spiro atoms. The zero-order chi connectivity index (χ0) is 28.6. The van der Waals surface area contributed by atoms with Crippen molar-refractivity contribution in [2.45, 2.75) is 80.4 Å². The van der Waals surface area contributed by atoms with Gasteiger partial charge in [-0.25, -0.2) is 4.79 Å². The van der Waals surface area contributed by atoms with Gasteiger partial charge in [-0.3, -0.25) is 9.98 Å². The smallest absolute Gasteiger partial charge is 0.338 e. The van der Waals surface area contributed by atoms with Crippen LogP contribution in [0.15, 0.2) is 70.3 Å². The molecule has 1 aliphatic rings. The van der Waals surface area contributed by atoms with Gasteiger partial charge in [0, 0.05) is 35.5 Å². The third-order valence-corrected chi connectivity index (χ3v) is 6.29. The molecule has 0 saturated heterocycles. The number of hydrogen-bond acceptors (Lipinski definition) is 5. The summed E-state index contributed by atoms with van der Waals surface area (Å²) in [6, 6.07) is 3.72. The number of aryl methyl sites for hydroxylation is 1. The summed E-state index contributed by atoms with van der Waals surface area (Å²) < 4.78 is 5.53. The number of allylic oxidation sites excluding steroid dienone is 2. The Kier molecular flexibility index (Phi) is 11.1. The normalized spacial score (nSPS) is 18.7. The van der Waals surface area contributed by atoms with Crippen LogP contribution in [0.3, 0.4) is 0 Å². The van der Waals surface area contributed by atoms with E-state index in [2.05, 4.69) is 56.1 Å².